The van der Waals surface area contributed by atoms with Gasteiger partial charge in [-0.05, 0) is 25.8 Å². The van der Waals surface area contributed by atoms with Gasteiger partial charge in [0.1, 0.15) is 0 Å². The molecular formula is C20H30N6O. The lowest BCUT2D eigenvalue weighted by atomic mass is 10.2. The number of amides is 1. The van der Waals surface area contributed by atoms with Crippen molar-refractivity contribution in [3.05, 3.63) is 35.4 Å². The van der Waals surface area contributed by atoms with E-state index >= 15 is 0 Å². The van der Waals surface area contributed by atoms with E-state index in [-0.39, 0.29) is 5.91 Å². The van der Waals surface area contributed by atoms with E-state index in [4.69, 9.17) is 5.10 Å². The second kappa shape index (κ2) is 8.25. The van der Waals surface area contributed by atoms with Crippen LogP contribution in [0, 0.1) is 0 Å². The lowest BCUT2D eigenvalue weighted by Gasteiger charge is -2.26. The summed E-state index contributed by atoms with van der Waals surface area (Å²) in [6.07, 6.45) is 10.1. The van der Waals surface area contributed by atoms with Gasteiger partial charge in [-0.1, -0.05) is 12.8 Å². The van der Waals surface area contributed by atoms with E-state index in [1.807, 2.05) is 10.9 Å². The second-order valence-corrected chi connectivity index (χ2v) is 7.81. The molecule has 3 heterocycles. The molecule has 0 aromatic carbocycles. The average molecular weight is 371 g/mol. The highest BCUT2D eigenvalue weighted by Crippen LogP contribution is 2.19. The third-order valence-corrected chi connectivity index (χ3v) is 5.67. The van der Waals surface area contributed by atoms with Crippen LogP contribution in [0.15, 0.2) is 18.5 Å². The number of carbonyl (C=O) groups excluding carboxylic acids is 1. The van der Waals surface area contributed by atoms with Gasteiger partial charge in [0.2, 0.25) is 5.91 Å². The summed E-state index contributed by atoms with van der Waals surface area (Å²) >= 11 is 0. The lowest BCUT2D eigenvalue weighted by Crippen LogP contribution is -2.33. The van der Waals surface area contributed by atoms with Crippen molar-refractivity contribution >= 4 is 5.91 Å². The van der Waals surface area contributed by atoms with Crippen molar-refractivity contribution < 1.29 is 4.79 Å². The molecular weight excluding hydrogens is 340 g/mol. The lowest BCUT2D eigenvalue weighted by molar-refractivity contribution is -0.121. The van der Waals surface area contributed by atoms with Gasteiger partial charge in [-0.2, -0.15) is 10.2 Å². The molecule has 1 N–H and O–H groups in total. The molecule has 1 saturated carbocycles. The smallest absolute Gasteiger partial charge is 0.220 e. The van der Waals surface area contributed by atoms with Crippen LogP contribution in [-0.4, -0.2) is 43.0 Å². The van der Waals surface area contributed by atoms with Crippen LogP contribution in [0.5, 0.6) is 0 Å². The van der Waals surface area contributed by atoms with Crippen molar-refractivity contribution in [1.29, 1.82) is 0 Å². The summed E-state index contributed by atoms with van der Waals surface area (Å²) in [4.78, 5) is 14.6. The topological polar surface area (TPSA) is 68.0 Å². The van der Waals surface area contributed by atoms with Crippen molar-refractivity contribution in [2.45, 2.75) is 77.7 Å². The van der Waals surface area contributed by atoms with Crippen molar-refractivity contribution in [3.63, 3.8) is 0 Å². The first kappa shape index (κ1) is 18.2. The van der Waals surface area contributed by atoms with E-state index in [0.717, 1.165) is 57.7 Å². The number of carbonyl (C=O) groups is 1. The van der Waals surface area contributed by atoms with Crippen molar-refractivity contribution in [1.82, 2.24) is 29.8 Å². The molecule has 146 valence electrons. The Morgan fingerprint density at radius 3 is 2.93 bits per heavy atom. The van der Waals surface area contributed by atoms with Gasteiger partial charge in [-0.15, -0.1) is 0 Å². The molecule has 0 saturated heterocycles. The van der Waals surface area contributed by atoms with Crippen LogP contribution >= 0.6 is 0 Å². The summed E-state index contributed by atoms with van der Waals surface area (Å²) in [5.41, 5.74) is 3.54. The molecule has 7 nitrogen and oxygen atoms in total. The average Bonchev–Trinajstić information content (AvgIpc) is 3.40. The van der Waals surface area contributed by atoms with Gasteiger partial charge in [0.15, 0.2) is 0 Å². The second-order valence-electron chi connectivity index (χ2n) is 7.81. The molecule has 2 aromatic heterocycles. The Morgan fingerprint density at radius 1 is 1.30 bits per heavy atom. The predicted octanol–water partition coefficient (Wildman–Crippen LogP) is 2.11. The summed E-state index contributed by atoms with van der Waals surface area (Å²) in [5, 5.41) is 12.2. The van der Waals surface area contributed by atoms with Crippen LogP contribution in [0.2, 0.25) is 0 Å². The zero-order valence-electron chi connectivity index (χ0n) is 16.2. The van der Waals surface area contributed by atoms with E-state index in [1.54, 1.807) is 0 Å². The van der Waals surface area contributed by atoms with Gasteiger partial charge >= 0.3 is 0 Å². The maximum atomic E-state index is 12.1. The molecule has 0 bridgehead atoms. The molecule has 27 heavy (non-hydrogen) atoms. The van der Waals surface area contributed by atoms with Gasteiger partial charge in [0, 0.05) is 56.8 Å². The Kier molecular flexibility index (Phi) is 5.57. The number of nitrogens with one attached hydrogen (secondary N) is 1. The van der Waals surface area contributed by atoms with Gasteiger partial charge in [0.25, 0.3) is 0 Å². The fourth-order valence-corrected chi connectivity index (χ4v) is 4.17. The number of hydrogen-bond acceptors (Lipinski definition) is 4. The van der Waals surface area contributed by atoms with Crippen LogP contribution in [-0.2, 0) is 37.4 Å². The minimum atomic E-state index is 0.169. The zero-order valence-corrected chi connectivity index (χ0v) is 16.2. The molecule has 0 unspecified atom stereocenters. The van der Waals surface area contributed by atoms with Crippen LogP contribution in [0.3, 0.4) is 0 Å². The molecule has 0 atom stereocenters. The van der Waals surface area contributed by atoms with E-state index in [0.29, 0.717) is 12.5 Å². The van der Waals surface area contributed by atoms with Crippen LogP contribution in [0.1, 0.15) is 56.0 Å². The number of nitrogens with zero attached hydrogens (tertiary/aromatic N) is 5. The fourth-order valence-electron chi connectivity index (χ4n) is 4.17. The minimum Gasteiger partial charge on any atom is -0.353 e. The fraction of sp³-hybridized carbons (Fsp3) is 0.650. The largest absolute Gasteiger partial charge is 0.353 e. The highest BCUT2D eigenvalue weighted by atomic mass is 16.1. The molecule has 0 radical (unpaired) electrons. The number of aryl methyl sites for hydroxylation is 2. The summed E-state index contributed by atoms with van der Waals surface area (Å²) in [6.45, 7) is 6.73. The Morgan fingerprint density at radius 2 is 2.15 bits per heavy atom. The molecule has 2 aliphatic rings. The standard InChI is InChI=1S/C20H30N6O/c1-2-25-14-16(12-21-25)13-24-9-10-26-19(15-24)11-18(23-26)7-8-20(27)22-17-5-3-4-6-17/h11-12,14,17H,2-10,13,15H2,1H3,(H,22,27). The van der Waals surface area contributed by atoms with E-state index < -0.39 is 0 Å². The number of rotatable bonds is 7. The summed E-state index contributed by atoms with van der Waals surface area (Å²) in [5.74, 6) is 0.169. The SMILES string of the molecule is CCn1cc(CN2CCn3nc(CCC(=O)NC4CCCC4)cc3C2)cn1. The Labute approximate surface area is 160 Å². The molecule has 7 heteroatoms. The van der Waals surface area contributed by atoms with Crippen LogP contribution < -0.4 is 5.32 Å². The first-order valence-electron chi connectivity index (χ1n) is 10.3. The Bertz CT molecular complexity index is 773. The number of hydrogen-bond donors (Lipinski definition) is 1. The van der Waals surface area contributed by atoms with Crippen molar-refractivity contribution in [3.8, 4) is 0 Å². The molecule has 0 spiro atoms. The third kappa shape index (κ3) is 4.58. The van der Waals surface area contributed by atoms with Crippen LogP contribution in [0.25, 0.3) is 0 Å². The third-order valence-electron chi connectivity index (χ3n) is 5.67. The van der Waals surface area contributed by atoms with E-state index in [2.05, 4.69) is 39.2 Å². The quantitative estimate of drug-likeness (QED) is 0.811. The van der Waals surface area contributed by atoms with Crippen molar-refractivity contribution in [2.75, 3.05) is 6.54 Å². The summed E-state index contributed by atoms with van der Waals surface area (Å²) in [7, 11) is 0. The summed E-state index contributed by atoms with van der Waals surface area (Å²) < 4.78 is 4.08. The Hall–Kier alpha value is -2.15. The predicted molar refractivity (Wildman–Crippen MR) is 103 cm³/mol. The molecule has 1 aliphatic carbocycles. The minimum absolute atomic E-state index is 0.169. The molecule has 4 rings (SSSR count). The molecule has 1 amide bonds. The normalized spacial score (nSPS) is 18.0. The first-order valence-corrected chi connectivity index (χ1v) is 10.3. The monoisotopic (exact) mass is 370 g/mol. The van der Waals surface area contributed by atoms with Crippen molar-refractivity contribution in [2.24, 2.45) is 0 Å². The van der Waals surface area contributed by atoms with Gasteiger partial charge in [-0.25, -0.2) is 0 Å². The maximum Gasteiger partial charge on any atom is 0.220 e. The maximum absolute atomic E-state index is 12.1. The highest BCUT2D eigenvalue weighted by Gasteiger charge is 2.20. The molecule has 1 fully saturated rings. The number of fused-ring (bicyclic) bond motifs is 1. The van der Waals surface area contributed by atoms with Gasteiger partial charge < -0.3 is 5.32 Å². The Balaban J connectivity index is 1.28. The molecule has 1 aliphatic heterocycles. The van der Waals surface area contributed by atoms with E-state index in [9.17, 15) is 4.79 Å². The van der Waals surface area contributed by atoms with Crippen LogP contribution in [0.4, 0.5) is 0 Å². The first-order chi connectivity index (χ1) is 13.2. The number of aromatic nitrogens is 4. The van der Waals surface area contributed by atoms with E-state index in [1.165, 1.54) is 24.1 Å². The van der Waals surface area contributed by atoms with Gasteiger partial charge in [-0.3, -0.25) is 19.1 Å². The zero-order chi connectivity index (χ0) is 18.6. The summed E-state index contributed by atoms with van der Waals surface area (Å²) in [6, 6.07) is 2.57. The highest BCUT2D eigenvalue weighted by molar-refractivity contribution is 5.76. The van der Waals surface area contributed by atoms with Gasteiger partial charge in [0.05, 0.1) is 24.1 Å². The molecule has 2 aromatic rings.